The van der Waals surface area contributed by atoms with Gasteiger partial charge < -0.3 is 20.5 Å². The molecule has 2 unspecified atom stereocenters. The summed E-state index contributed by atoms with van der Waals surface area (Å²) in [6.07, 6.45) is 0.168. The van der Waals surface area contributed by atoms with E-state index in [-0.39, 0.29) is 24.1 Å². The summed E-state index contributed by atoms with van der Waals surface area (Å²) in [5.74, 6) is 1.00. The lowest BCUT2D eigenvalue weighted by atomic mass is 10.0. The molecule has 2 amide bonds. The molecule has 0 saturated heterocycles. The summed E-state index contributed by atoms with van der Waals surface area (Å²) >= 11 is 0. The minimum Gasteiger partial charge on any atom is -0.491 e. The minimum absolute atomic E-state index is 0.101. The largest absolute Gasteiger partial charge is 0.491 e. The van der Waals surface area contributed by atoms with Crippen molar-refractivity contribution in [1.82, 2.24) is 10.6 Å². The number of aliphatic hydroxyl groups is 1. The lowest BCUT2D eigenvalue weighted by Crippen LogP contribution is -2.44. The molecule has 2 atom stereocenters. The molecule has 0 aromatic heterocycles. The number of hydrogen-bond acceptors (Lipinski definition) is 3. The standard InChI is InChI=1S/C17H28N2O3/c1-12(2)16(20)8-9-18-17(21)19-14(4)11-22-15-7-5-6-13(3)10-15/h5-7,10,12,14,16,20H,8-9,11H2,1-4H3,(H2,18,19,21). The van der Waals surface area contributed by atoms with Crippen molar-refractivity contribution >= 4 is 6.03 Å². The molecule has 0 aliphatic heterocycles. The molecule has 5 nitrogen and oxygen atoms in total. The van der Waals surface area contributed by atoms with Gasteiger partial charge in [0.2, 0.25) is 0 Å². The molecule has 0 bridgehead atoms. The van der Waals surface area contributed by atoms with E-state index in [1.165, 1.54) is 0 Å². The molecule has 1 rings (SSSR count). The van der Waals surface area contributed by atoms with Gasteiger partial charge in [-0.15, -0.1) is 0 Å². The summed E-state index contributed by atoms with van der Waals surface area (Å²) in [5, 5.41) is 15.2. The van der Waals surface area contributed by atoms with Crippen molar-refractivity contribution < 1.29 is 14.6 Å². The van der Waals surface area contributed by atoms with E-state index in [2.05, 4.69) is 10.6 Å². The second-order valence-corrected chi connectivity index (χ2v) is 6.03. The van der Waals surface area contributed by atoms with Gasteiger partial charge in [-0.05, 0) is 43.9 Å². The molecule has 0 spiro atoms. The zero-order valence-corrected chi connectivity index (χ0v) is 13.9. The normalized spacial score (nSPS) is 13.5. The van der Waals surface area contributed by atoms with Crippen molar-refractivity contribution in [2.45, 2.75) is 46.3 Å². The number of aryl methyl sites for hydroxylation is 1. The van der Waals surface area contributed by atoms with E-state index in [9.17, 15) is 9.90 Å². The fourth-order valence-corrected chi connectivity index (χ4v) is 1.91. The Bertz CT molecular complexity index is 463. The fraction of sp³-hybridized carbons (Fsp3) is 0.588. The highest BCUT2D eigenvalue weighted by Crippen LogP contribution is 2.12. The highest BCUT2D eigenvalue weighted by molar-refractivity contribution is 5.74. The second kappa shape index (κ2) is 9.30. The molecule has 1 aromatic rings. The Morgan fingerprint density at radius 3 is 2.68 bits per heavy atom. The van der Waals surface area contributed by atoms with Crippen molar-refractivity contribution in [1.29, 1.82) is 0 Å². The van der Waals surface area contributed by atoms with Gasteiger partial charge in [-0.2, -0.15) is 0 Å². The number of benzene rings is 1. The van der Waals surface area contributed by atoms with Crippen LogP contribution in [0.1, 0.15) is 32.8 Å². The first-order chi connectivity index (χ1) is 10.4. The van der Waals surface area contributed by atoms with Gasteiger partial charge in [-0.3, -0.25) is 0 Å². The fourth-order valence-electron chi connectivity index (χ4n) is 1.91. The van der Waals surface area contributed by atoms with Crippen LogP contribution in [0.2, 0.25) is 0 Å². The summed E-state index contributed by atoms with van der Waals surface area (Å²) in [6, 6.07) is 7.46. The topological polar surface area (TPSA) is 70.6 Å². The van der Waals surface area contributed by atoms with Crippen molar-refractivity contribution in [2.75, 3.05) is 13.2 Å². The van der Waals surface area contributed by atoms with E-state index in [4.69, 9.17) is 4.74 Å². The number of aliphatic hydroxyl groups excluding tert-OH is 1. The van der Waals surface area contributed by atoms with E-state index in [1.807, 2.05) is 52.0 Å². The van der Waals surface area contributed by atoms with E-state index in [0.717, 1.165) is 11.3 Å². The van der Waals surface area contributed by atoms with Crippen molar-refractivity contribution in [3.05, 3.63) is 29.8 Å². The molecular weight excluding hydrogens is 280 g/mol. The first-order valence-electron chi connectivity index (χ1n) is 7.80. The highest BCUT2D eigenvalue weighted by Gasteiger charge is 2.11. The third-order valence-electron chi connectivity index (χ3n) is 3.36. The smallest absolute Gasteiger partial charge is 0.315 e. The van der Waals surface area contributed by atoms with Crippen LogP contribution in [0.3, 0.4) is 0 Å². The molecular formula is C17H28N2O3. The van der Waals surface area contributed by atoms with Gasteiger partial charge in [0.1, 0.15) is 12.4 Å². The Morgan fingerprint density at radius 2 is 2.05 bits per heavy atom. The maximum absolute atomic E-state index is 11.7. The Kier molecular flexibility index (Phi) is 7.74. The van der Waals surface area contributed by atoms with Crippen molar-refractivity contribution in [3.8, 4) is 5.75 Å². The number of carbonyl (C=O) groups is 1. The average Bonchev–Trinajstić information content (AvgIpc) is 2.45. The van der Waals surface area contributed by atoms with Gasteiger partial charge in [0.15, 0.2) is 0 Å². The summed E-state index contributed by atoms with van der Waals surface area (Å²) in [6.45, 7) is 8.67. The molecule has 1 aromatic carbocycles. The molecule has 5 heteroatoms. The van der Waals surface area contributed by atoms with Crippen molar-refractivity contribution in [3.63, 3.8) is 0 Å². The summed E-state index contributed by atoms with van der Waals surface area (Å²) in [4.78, 5) is 11.7. The van der Waals surface area contributed by atoms with Gasteiger partial charge in [0.05, 0.1) is 12.1 Å². The quantitative estimate of drug-likeness (QED) is 0.691. The van der Waals surface area contributed by atoms with Crippen LogP contribution >= 0.6 is 0 Å². The maximum atomic E-state index is 11.7. The van der Waals surface area contributed by atoms with Gasteiger partial charge in [0, 0.05) is 6.54 Å². The third-order valence-corrected chi connectivity index (χ3v) is 3.36. The van der Waals surface area contributed by atoms with E-state index in [0.29, 0.717) is 19.6 Å². The first kappa shape index (κ1) is 18.3. The predicted molar refractivity (Wildman–Crippen MR) is 88.1 cm³/mol. The second-order valence-electron chi connectivity index (χ2n) is 6.03. The molecule has 0 saturated carbocycles. The molecule has 22 heavy (non-hydrogen) atoms. The number of urea groups is 1. The van der Waals surface area contributed by atoms with Crippen LogP contribution in [0.5, 0.6) is 5.75 Å². The molecule has 0 heterocycles. The van der Waals surface area contributed by atoms with Gasteiger partial charge >= 0.3 is 6.03 Å². The lowest BCUT2D eigenvalue weighted by Gasteiger charge is -2.17. The number of hydrogen-bond donors (Lipinski definition) is 3. The zero-order chi connectivity index (χ0) is 16.5. The van der Waals surface area contributed by atoms with E-state index < -0.39 is 0 Å². The molecule has 0 fully saturated rings. The van der Waals surface area contributed by atoms with Crippen LogP contribution in [0.15, 0.2) is 24.3 Å². The van der Waals surface area contributed by atoms with E-state index >= 15 is 0 Å². The minimum atomic E-state index is -0.387. The van der Waals surface area contributed by atoms with Gasteiger partial charge in [-0.1, -0.05) is 26.0 Å². The Balaban J connectivity index is 2.21. The monoisotopic (exact) mass is 308 g/mol. The van der Waals surface area contributed by atoms with Crippen LogP contribution < -0.4 is 15.4 Å². The Hall–Kier alpha value is -1.75. The van der Waals surface area contributed by atoms with Crippen LogP contribution in [-0.2, 0) is 0 Å². The summed E-state index contributed by atoms with van der Waals surface area (Å²) < 4.78 is 5.64. The van der Waals surface area contributed by atoms with Gasteiger partial charge in [0.25, 0.3) is 0 Å². The van der Waals surface area contributed by atoms with Crippen molar-refractivity contribution in [2.24, 2.45) is 5.92 Å². The molecule has 0 aliphatic rings. The highest BCUT2D eigenvalue weighted by atomic mass is 16.5. The van der Waals surface area contributed by atoms with Crippen LogP contribution in [0, 0.1) is 12.8 Å². The summed E-state index contributed by atoms with van der Waals surface area (Å²) in [5.41, 5.74) is 1.14. The third kappa shape index (κ3) is 7.31. The maximum Gasteiger partial charge on any atom is 0.315 e. The van der Waals surface area contributed by atoms with E-state index in [1.54, 1.807) is 0 Å². The number of carbonyl (C=O) groups excluding carboxylic acids is 1. The Morgan fingerprint density at radius 1 is 1.32 bits per heavy atom. The van der Waals surface area contributed by atoms with Crippen LogP contribution in [-0.4, -0.2) is 36.4 Å². The SMILES string of the molecule is Cc1cccc(OCC(C)NC(=O)NCCC(O)C(C)C)c1. The molecule has 3 N–H and O–H groups in total. The van der Waals surface area contributed by atoms with Gasteiger partial charge in [-0.25, -0.2) is 4.79 Å². The van der Waals surface area contributed by atoms with Crippen LogP contribution in [0.4, 0.5) is 4.79 Å². The number of rotatable bonds is 8. The molecule has 124 valence electrons. The number of amides is 2. The molecule has 0 radical (unpaired) electrons. The lowest BCUT2D eigenvalue weighted by molar-refractivity contribution is 0.116. The zero-order valence-electron chi connectivity index (χ0n) is 13.9. The Labute approximate surface area is 133 Å². The predicted octanol–water partition coefficient (Wildman–Crippen LogP) is 2.47. The number of nitrogens with one attached hydrogen (secondary N) is 2. The first-order valence-corrected chi connectivity index (χ1v) is 7.80. The average molecular weight is 308 g/mol. The summed E-state index contributed by atoms with van der Waals surface area (Å²) in [7, 11) is 0. The van der Waals surface area contributed by atoms with Crippen LogP contribution in [0.25, 0.3) is 0 Å². The molecule has 0 aliphatic carbocycles. The number of ether oxygens (including phenoxy) is 1.